The summed E-state index contributed by atoms with van der Waals surface area (Å²) in [6, 6.07) is 0. The first-order valence-corrected chi connectivity index (χ1v) is 4.21. The first-order chi connectivity index (χ1) is 5.04. The van der Waals surface area contributed by atoms with Crippen molar-refractivity contribution in [3.05, 3.63) is 0 Å². The zero-order valence-electron chi connectivity index (χ0n) is 7.51. The lowest BCUT2D eigenvalue weighted by Crippen LogP contribution is -2.49. The molecule has 0 aromatic carbocycles. The lowest BCUT2D eigenvalue weighted by molar-refractivity contribution is 0.0812. The minimum Gasteiger partial charge on any atom is -0.391 e. The second-order valence-electron chi connectivity index (χ2n) is 3.35. The molecule has 5 N–H and O–H groups in total. The maximum atomic E-state index is 9.53. The number of hydrogen-bond acceptors (Lipinski definition) is 3. The van der Waals surface area contributed by atoms with E-state index in [1.807, 2.05) is 13.8 Å². The molecule has 2 unspecified atom stereocenters. The van der Waals surface area contributed by atoms with Crippen LogP contribution in [0, 0.1) is 0 Å². The Hall–Kier alpha value is -0.120. The Balaban J connectivity index is 3.83. The van der Waals surface area contributed by atoms with Crippen LogP contribution in [0.5, 0.6) is 0 Å². The van der Waals surface area contributed by atoms with Gasteiger partial charge in [0.1, 0.15) is 0 Å². The van der Waals surface area contributed by atoms with E-state index in [-0.39, 0.29) is 0 Å². The van der Waals surface area contributed by atoms with Gasteiger partial charge in [0.25, 0.3) is 0 Å². The fourth-order valence-electron chi connectivity index (χ4n) is 1.08. The van der Waals surface area contributed by atoms with Crippen LogP contribution >= 0.6 is 0 Å². The molecule has 0 saturated carbocycles. The summed E-state index contributed by atoms with van der Waals surface area (Å²) in [5, 5.41) is 9.53. The topological polar surface area (TPSA) is 72.3 Å². The summed E-state index contributed by atoms with van der Waals surface area (Å²) >= 11 is 0. The maximum absolute atomic E-state index is 9.53. The van der Waals surface area contributed by atoms with E-state index in [0.29, 0.717) is 13.0 Å². The van der Waals surface area contributed by atoms with E-state index in [0.717, 1.165) is 12.8 Å². The molecule has 11 heavy (non-hydrogen) atoms. The fraction of sp³-hybridized carbons (Fsp3) is 1.00. The van der Waals surface area contributed by atoms with Crippen LogP contribution in [0.15, 0.2) is 0 Å². The standard InChI is InChI=1S/C8H20N2O/c1-3-4-7(11)8(2,10)5-6-9/h7,11H,3-6,9-10H2,1-2H3. The van der Waals surface area contributed by atoms with Crippen LogP contribution in [-0.2, 0) is 0 Å². The van der Waals surface area contributed by atoms with Crippen LogP contribution in [-0.4, -0.2) is 23.3 Å². The van der Waals surface area contributed by atoms with E-state index in [9.17, 15) is 5.11 Å². The Bertz CT molecular complexity index is 104. The average molecular weight is 160 g/mol. The molecular weight excluding hydrogens is 140 g/mol. The highest BCUT2D eigenvalue weighted by Crippen LogP contribution is 2.14. The lowest BCUT2D eigenvalue weighted by atomic mass is 9.89. The molecule has 0 rings (SSSR count). The van der Waals surface area contributed by atoms with E-state index in [1.54, 1.807) is 0 Å². The molecule has 0 radical (unpaired) electrons. The van der Waals surface area contributed by atoms with Crippen LogP contribution < -0.4 is 11.5 Å². The molecule has 0 aromatic heterocycles. The third-order valence-corrected chi connectivity index (χ3v) is 2.01. The van der Waals surface area contributed by atoms with Gasteiger partial charge in [-0.2, -0.15) is 0 Å². The van der Waals surface area contributed by atoms with E-state index in [4.69, 9.17) is 11.5 Å². The van der Waals surface area contributed by atoms with Crippen LogP contribution in [0.4, 0.5) is 0 Å². The van der Waals surface area contributed by atoms with Gasteiger partial charge < -0.3 is 16.6 Å². The molecule has 68 valence electrons. The maximum Gasteiger partial charge on any atom is 0.0717 e. The zero-order valence-corrected chi connectivity index (χ0v) is 7.51. The van der Waals surface area contributed by atoms with Gasteiger partial charge in [0.15, 0.2) is 0 Å². The van der Waals surface area contributed by atoms with Crippen molar-refractivity contribution in [2.24, 2.45) is 11.5 Å². The van der Waals surface area contributed by atoms with Gasteiger partial charge in [0, 0.05) is 5.54 Å². The Kier molecular flexibility index (Phi) is 4.65. The Morgan fingerprint density at radius 3 is 2.45 bits per heavy atom. The first-order valence-electron chi connectivity index (χ1n) is 4.21. The highest BCUT2D eigenvalue weighted by atomic mass is 16.3. The average Bonchev–Trinajstić information content (AvgIpc) is 1.88. The van der Waals surface area contributed by atoms with Crippen molar-refractivity contribution in [3.8, 4) is 0 Å². The van der Waals surface area contributed by atoms with Crippen molar-refractivity contribution in [1.29, 1.82) is 0 Å². The van der Waals surface area contributed by atoms with Crippen LogP contribution in [0.3, 0.4) is 0 Å². The van der Waals surface area contributed by atoms with E-state index >= 15 is 0 Å². The van der Waals surface area contributed by atoms with Crippen molar-refractivity contribution in [3.63, 3.8) is 0 Å². The molecule has 0 aliphatic heterocycles. The molecule has 0 amide bonds. The Labute approximate surface area is 68.8 Å². The molecule has 0 aliphatic carbocycles. The van der Waals surface area contributed by atoms with Gasteiger partial charge in [-0.05, 0) is 26.3 Å². The van der Waals surface area contributed by atoms with Crippen LogP contribution in [0.1, 0.15) is 33.1 Å². The molecule has 0 aliphatic rings. The van der Waals surface area contributed by atoms with Crippen LogP contribution in [0.25, 0.3) is 0 Å². The van der Waals surface area contributed by atoms with E-state index in [2.05, 4.69) is 0 Å². The molecule has 0 saturated heterocycles. The van der Waals surface area contributed by atoms with Gasteiger partial charge in [-0.15, -0.1) is 0 Å². The monoisotopic (exact) mass is 160 g/mol. The van der Waals surface area contributed by atoms with Crippen LogP contribution in [0.2, 0.25) is 0 Å². The molecule has 0 heterocycles. The van der Waals surface area contributed by atoms with E-state index < -0.39 is 11.6 Å². The van der Waals surface area contributed by atoms with E-state index in [1.165, 1.54) is 0 Å². The SMILES string of the molecule is CCCC(O)C(C)(N)CCN. The van der Waals surface area contributed by atoms with Gasteiger partial charge in [0.05, 0.1) is 6.10 Å². The molecular formula is C8H20N2O. The third kappa shape index (κ3) is 3.70. The summed E-state index contributed by atoms with van der Waals surface area (Å²) < 4.78 is 0. The van der Waals surface area contributed by atoms with Crippen molar-refractivity contribution < 1.29 is 5.11 Å². The third-order valence-electron chi connectivity index (χ3n) is 2.01. The number of hydrogen-bond donors (Lipinski definition) is 3. The van der Waals surface area contributed by atoms with Crippen molar-refractivity contribution in [2.45, 2.75) is 44.8 Å². The largest absolute Gasteiger partial charge is 0.391 e. The molecule has 0 aromatic rings. The predicted octanol–water partition coefficient (Wildman–Crippen LogP) is 0.214. The summed E-state index contributed by atoms with van der Waals surface area (Å²) in [4.78, 5) is 0. The van der Waals surface area contributed by atoms with Crippen molar-refractivity contribution in [1.82, 2.24) is 0 Å². The highest BCUT2D eigenvalue weighted by Gasteiger charge is 2.26. The number of nitrogens with two attached hydrogens (primary N) is 2. The highest BCUT2D eigenvalue weighted by molar-refractivity contribution is 4.86. The lowest BCUT2D eigenvalue weighted by Gasteiger charge is -2.29. The van der Waals surface area contributed by atoms with Gasteiger partial charge in [-0.3, -0.25) is 0 Å². The minimum absolute atomic E-state index is 0.420. The minimum atomic E-state index is -0.509. The molecule has 0 bridgehead atoms. The smallest absolute Gasteiger partial charge is 0.0717 e. The Morgan fingerprint density at radius 2 is 2.09 bits per heavy atom. The Morgan fingerprint density at radius 1 is 1.55 bits per heavy atom. The zero-order chi connectivity index (χ0) is 8.91. The summed E-state index contributed by atoms with van der Waals surface area (Å²) in [7, 11) is 0. The van der Waals surface area contributed by atoms with Gasteiger partial charge >= 0.3 is 0 Å². The van der Waals surface area contributed by atoms with Crippen molar-refractivity contribution >= 4 is 0 Å². The summed E-state index contributed by atoms with van der Waals surface area (Å²) in [5.74, 6) is 0. The quantitative estimate of drug-likeness (QED) is 0.538. The van der Waals surface area contributed by atoms with Gasteiger partial charge in [-0.25, -0.2) is 0 Å². The summed E-state index contributed by atoms with van der Waals surface area (Å²) in [6.07, 6.45) is 1.97. The molecule has 0 spiro atoms. The molecule has 3 nitrogen and oxygen atoms in total. The fourth-order valence-corrected chi connectivity index (χ4v) is 1.08. The second kappa shape index (κ2) is 4.70. The first kappa shape index (κ1) is 10.9. The van der Waals surface area contributed by atoms with Crippen molar-refractivity contribution in [2.75, 3.05) is 6.54 Å². The summed E-state index contributed by atoms with van der Waals surface area (Å²) in [6.45, 7) is 4.41. The molecule has 3 heteroatoms. The van der Waals surface area contributed by atoms with Gasteiger partial charge in [0.2, 0.25) is 0 Å². The normalized spacial score (nSPS) is 19.4. The number of rotatable bonds is 5. The molecule has 2 atom stereocenters. The summed E-state index contributed by atoms with van der Waals surface area (Å²) in [5.41, 5.74) is 10.7. The number of aliphatic hydroxyl groups is 1. The molecule has 0 fully saturated rings. The number of aliphatic hydroxyl groups excluding tert-OH is 1. The van der Waals surface area contributed by atoms with Gasteiger partial charge in [-0.1, -0.05) is 13.3 Å². The second-order valence-corrected chi connectivity index (χ2v) is 3.35. The predicted molar refractivity (Wildman–Crippen MR) is 47.2 cm³/mol.